The van der Waals surface area contributed by atoms with E-state index in [0.29, 0.717) is 5.75 Å². The maximum absolute atomic E-state index is 9.62. The highest BCUT2D eigenvalue weighted by atomic mass is 16.3. The number of nitrogens with one attached hydrogen (secondary N) is 1. The minimum absolute atomic E-state index is 0.351. The normalized spacial score (nSPS) is 10.5. The van der Waals surface area contributed by atoms with Crippen molar-refractivity contribution in [3.63, 3.8) is 0 Å². The molecule has 1 heterocycles. The van der Waals surface area contributed by atoms with Gasteiger partial charge in [-0.05, 0) is 31.4 Å². The molecule has 1 aromatic carbocycles. The third-order valence-corrected chi connectivity index (χ3v) is 2.35. The predicted molar refractivity (Wildman–Crippen MR) is 56.6 cm³/mol. The first kappa shape index (κ1) is 9.71. The van der Waals surface area contributed by atoms with Crippen molar-refractivity contribution in [1.29, 1.82) is 0 Å². The Kier molecular flexibility index (Phi) is 2.67. The molecule has 78 valence electrons. The van der Waals surface area contributed by atoms with Gasteiger partial charge in [0.05, 0.1) is 11.9 Å². The molecule has 0 aliphatic heterocycles. The molecule has 2 rings (SSSR count). The van der Waals surface area contributed by atoms with Crippen LogP contribution in [0.15, 0.2) is 24.4 Å². The molecule has 0 aliphatic carbocycles. The van der Waals surface area contributed by atoms with E-state index in [1.54, 1.807) is 12.3 Å². The molecular formula is C11H13N3O. The number of phenols is 1. The number of hydrogen-bond donors (Lipinski definition) is 2. The van der Waals surface area contributed by atoms with Crippen LogP contribution in [0.1, 0.15) is 16.8 Å². The quantitative estimate of drug-likeness (QED) is 0.796. The van der Waals surface area contributed by atoms with Crippen LogP contribution in [0.25, 0.3) is 0 Å². The second-order valence-corrected chi connectivity index (χ2v) is 3.59. The number of phenolic OH excluding ortho intramolecular Hbond substituents is 1. The smallest absolute Gasteiger partial charge is 0.118 e. The minimum Gasteiger partial charge on any atom is -0.508 e. The first-order valence-corrected chi connectivity index (χ1v) is 4.89. The summed E-state index contributed by atoms with van der Waals surface area (Å²) in [5, 5.41) is 19.9. The number of aromatic nitrogens is 3. The maximum atomic E-state index is 9.62. The monoisotopic (exact) mass is 203 g/mol. The van der Waals surface area contributed by atoms with E-state index in [1.807, 2.05) is 19.1 Å². The van der Waals surface area contributed by atoms with Crippen molar-refractivity contribution in [3.05, 3.63) is 41.2 Å². The van der Waals surface area contributed by atoms with E-state index in [1.165, 1.54) is 0 Å². The molecule has 0 fully saturated rings. The van der Waals surface area contributed by atoms with Gasteiger partial charge < -0.3 is 5.11 Å². The van der Waals surface area contributed by atoms with Crippen LogP contribution in [-0.4, -0.2) is 20.5 Å². The van der Waals surface area contributed by atoms with Crippen LogP contribution in [0.5, 0.6) is 5.75 Å². The molecule has 4 heteroatoms. The van der Waals surface area contributed by atoms with Gasteiger partial charge in [-0.2, -0.15) is 15.4 Å². The molecule has 0 atom stereocenters. The molecule has 4 nitrogen and oxygen atoms in total. The summed E-state index contributed by atoms with van der Waals surface area (Å²) in [6.45, 7) is 2.01. The van der Waals surface area contributed by atoms with E-state index in [4.69, 9.17) is 0 Å². The lowest BCUT2D eigenvalue weighted by Gasteiger charge is -2.04. The van der Waals surface area contributed by atoms with Crippen molar-refractivity contribution in [2.24, 2.45) is 0 Å². The van der Waals surface area contributed by atoms with Gasteiger partial charge in [-0.15, -0.1) is 0 Å². The second kappa shape index (κ2) is 4.13. The van der Waals surface area contributed by atoms with Crippen molar-refractivity contribution >= 4 is 0 Å². The van der Waals surface area contributed by atoms with E-state index in [2.05, 4.69) is 15.4 Å². The van der Waals surface area contributed by atoms with Crippen molar-refractivity contribution in [1.82, 2.24) is 15.4 Å². The topological polar surface area (TPSA) is 61.8 Å². The molecule has 0 spiro atoms. The largest absolute Gasteiger partial charge is 0.508 e. The molecule has 2 aromatic rings. The number of aromatic hydroxyl groups is 1. The zero-order valence-electron chi connectivity index (χ0n) is 8.57. The Morgan fingerprint density at radius 2 is 2.20 bits per heavy atom. The number of hydrogen-bond acceptors (Lipinski definition) is 3. The van der Waals surface area contributed by atoms with Crippen molar-refractivity contribution < 1.29 is 5.11 Å². The van der Waals surface area contributed by atoms with Gasteiger partial charge in [-0.3, -0.25) is 0 Å². The number of aromatic amines is 1. The zero-order valence-corrected chi connectivity index (χ0v) is 8.57. The number of rotatable bonds is 3. The lowest BCUT2D eigenvalue weighted by Crippen LogP contribution is -1.93. The molecule has 0 amide bonds. The fraction of sp³-hybridized carbons (Fsp3) is 0.273. The van der Waals surface area contributed by atoms with Gasteiger partial charge in [-0.1, -0.05) is 17.7 Å². The van der Waals surface area contributed by atoms with E-state index < -0.39 is 0 Å². The SMILES string of the molecule is Cc1ccc(O)c(CCc2cn[nH]n2)c1. The summed E-state index contributed by atoms with van der Waals surface area (Å²) in [7, 11) is 0. The van der Waals surface area contributed by atoms with Crippen molar-refractivity contribution in [3.8, 4) is 5.75 Å². The standard InChI is InChI=1S/C11H13N3O/c1-8-2-5-11(15)9(6-8)3-4-10-7-12-14-13-10/h2,5-7,15H,3-4H2,1H3,(H,12,13,14). The van der Waals surface area contributed by atoms with E-state index in [-0.39, 0.29) is 0 Å². The first-order valence-electron chi connectivity index (χ1n) is 4.89. The fourth-order valence-corrected chi connectivity index (χ4v) is 1.52. The van der Waals surface area contributed by atoms with Crippen LogP contribution >= 0.6 is 0 Å². The Balaban J connectivity index is 2.07. The minimum atomic E-state index is 0.351. The van der Waals surface area contributed by atoms with Crippen LogP contribution in [0, 0.1) is 6.92 Å². The van der Waals surface area contributed by atoms with Gasteiger partial charge in [0.25, 0.3) is 0 Å². The molecule has 0 saturated carbocycles. The van der Waals surface area contributed by atoms with Gasteiger partial charge >= 0.3 is 0 Å². The second-order valence-electron chi connectivity index (χ2n) is 3.59. The fourth-order valence-electron chi connectivity index (χ4n) is 1.52. The third kappa shape index (κ3) is 2.34. The molecule has 2 N–H and O–H groups in total. The molecular weight excluding hydrogens is 190 g/mol. The van der Waals surface area contributed by atoms with Crippen LogP contribution in [-0.2, 0) is 12.8 Å². The number of aryl methyl sites for hydroxylation is 3. The summed E-state index contributed by atoms with van der Waals surface area (Å²) < 4.78 is 0. The maximum Gasteiger partial charge on any atom is 0.118 e. The van der Waals surface area contributed by atoms with Gasteiger partial charge in [0.15, 0.2) is 0 Å². The van der Waals surface area contributed by atoms with Crippen LogP contribution in [0.2, 0.25) is 0 Å². The van der Waals surface area contributed by atoms with Crippen LogP contribution in [0.3, 0.4) is 0 Å². The lowest BCUT2D eigenvalue weighted by atomic mass is 10.0. The number of H-pyrrole nitrogens is 1. The summed E-state index contributed by atoms with van der Waals surface area (Å²) in [5.41, 5.74) is 3.02. The highest BCUT2D eigenvalue weighted by molar-refractivity contribution is 5.36. The zero-order chi connectivity index (χ0) is 10.7. The summed E-state index contributed by atoms with van der Waals surface area (Å²) >= 11 is 0. The highest BCUT2D eigenvalue weighted by Gasteiger charge is 2.03. The van der Waals surface area contributed by atoms with E-state index >= 15 is 0 Å². The van der Waals surface area contributed by atoms with Crippen molar-refractivity contribution in [2.75, 3.05) is 0 Å². The average Bonchev–Trinajstić information content (AvgIpc) is 2.72. The van der Waals surface area contributed by atoms with E-state index in [0.717, 1.165) is 29.7 Å². The number of nitrogens with zero attached hydrogens (tertiary/aromatic N) is 2. The Morgan fingerprint density at radius 1 is 1.33 bits per heavy atom. The van der Waals surface area contributed by atoms with Crippen LogP contribution < -0.4 is 0 Å². The third-order valence-electron chi connectivity index (χ3n) is 2.35. The van der Waals surface area contributed by atoms with Gasteiger partial charge in [0.1, 0.15) is 5.75 Å². The summed E-state index contributed by atoms with van der Waals surface area (Å²) in [6, 6.07) is 5.62. The average molecular weight is 203 g/mol. The molecule has 1 aromatic heterocycles. The van der Waals surface area contributed by atoms with Crippen molar-refractivity contribution in [2.45, 2.75) is 19.8 Å². The van der Waals surface area contributed by atoms with Gasteiger partial charge in [-0.25, -0.2) is 0 Å². The van der Waals surface area contributed by atoms with Gasteiger partial charge in [0, 0.05) is 0 Å². The molecule has 0 bridgehead atoms. The first-order chi connectivity index (χ1) is 7.25. The predicted octanol–water partition coefficient (Wildman–Crippen LogP) is 1.60. The Bertz CT molecular complexity index is 437. The number of benzene rings is 1. The summed E-state index contributed by atoms with van der Waals surface area (Å²) in [4.78, 5) is 0. The molecule has 0 aliphatic rings. The molecule has 0 saturated heterocycles. The summed E-state index contributed by atoms with van der Waals surface area (Å²) in [6.07, 6.45) is 3.26. The summed E-state index contributed by atoms with van der Waals surface area (Å²) in [5.74, 6) is 0.351. The lowest BCUT2D eigenvalue weighted by molar-refractivity contribution is 0.467. The Hall–Kier alpha value is -1.84. The van der Waals surface area contributed by atoms with Crippen LogP contribution in [0.4, 0.5) is 0 Å². The Morgan fingerprint density at radius 3 is 2.93 bits per heavy atom. The van der Waals surface area contributed by atoms with E-state index in [9.17, 15) is 5.11 Å². The molecule has 0 unspecified atom stereocenters. The molecule has 15 heavy (non-hydrogen) atoms. The highest BCUT2D eigenvalue weighted by Crippen LogP contribution is 2.19. The van der Waals surface area contributed by atoms with Gasteiger partial charge in [0.2, 0.25) is 0 Å². The molecule has 0 radical (unpaired) electrons. The Labute approximate surface area is 88.0 Å².